The molecular weight excluding hydrogens is 196 g/mol. The van der Waals surface area contributed by atoms with Gasteiger partial charge in [-0.3, -0.25) is 0 Å². The second-order valence-corrected chi connectivity index (χ2v) is 4.20. The van der Waals surface area contributed by atoms with E-state index in [2.05, 4.69) is 5.32 Å². The first-order valence-corrected chi connectivity index (χ1v) is 5.29. The molecule has 1 atom stereocenters. The van der Waals surface area contributed by atoms with Crippen molar-refractivity contribution < 1.29 is 8.78 Å². The molecule has 1 nitrogen and oxygen atoms in total. The maximum absolute atomic E-state index is 13.8. The molecule has 0 aliphatic carbocycles. The second kappa shape index (κ2) is 3.89. The summed E-state index contributed by atoms with van der Waals surface area (Å²) >= 11 is 0. The van der Waals surface area contributed by atoms with Crippen molar-refractivity contribution in [2.24, 2.45) is 0 Å². The highest BCUT2D eigenvalue weighted by Gasteiger charge is 2.25. The van der Waals surface area contributed by atoms with Crippen LogP contribution in [0.3, 0.4) is 0 Å². The van der Waals surface area contributed by atoms with Crippen LogP contribution in [0.5, 0.6) is 0 Å². The van der Waals surface area contributed by atoms with Gasteiger partial charge < -0.3 is 5.32 Å². The van der Waals surface area contributed by atoms with Gasteiger partial charge in [-0.1, -0.05) is 6.07 Å². The van der Waals surface area contributed by atoms with E-state index in [0.717, 1.165) is 19.4 Å². The number of hydrogen-bond donors (Lipinski definition) is 1. The molecule has 1 aliphatic rings. The summed E-state index contributed by atoms with van der Waals surface area (Å²) < 4.78 is 27.6. The molecule has 1 fully saturated rings. The Morgan fingerprint density at radius 3 is 2.27 bits per heavy atom. The van der Waals surface area contributed by atoms with Crippen molar-refractivity contribution in [3.63, 3.8) is 0 Å². The highest BCUT2D eigenvalue weighted by Crippen LogP contribution is 2.30. The fraction of sp³-hybridized carbons (Fsp3) is 0.500. The van der Waals surface area contributed by atoms with Gasteiger partial charge >= 0.3 is 0 Å². The molecule has 1 aromatic carbocycles. The molecule has 0 saturated carbocycles. The van der Waals surface area contributed by atoms with Crippen LogP contribution in [-0.2, 0) is 0 Å². The van der Waals surface area contributed by atoms with Crippen LogP contribution in [0.15, 0.2) is 6.07 Å². The Morgan fingerprint density at radius 1 is 1.20 bits per heavy atom. The molecule has 1 aliphatic heterocycles. The molecule has 15 heavy (non-hydrogen) atoms. The molecule has 0 bridgehead atoms. The van der Waals surface area contributed by atoms with Crippen molar-refractivity contribution in [1.82, 2.24) is 5.32 Å². The average molecular weight is 211 g/mol. The number of hydrogen-bond acceptors (Lipinski definition) is 1. The van der Waals surface area contributed by atoms with Crippen LogP contribution in [0, 0.1) is 25.5 Å². The summed E-state index contributed by atoms with van der Waals surface area (Å²) in [5, 5.41) is 3.13. The van der Waals surface area contributed by atoms with Crippen LogP contribution in [0.4, 0.5) is 8.78 Å². The van der Waals surface area contributed by atoms with Crippen LogP contribution >= 0.6 is 0 Å². The highest BCUT2D eigenvalue weighted by atomic mass is 19.1. The number of rotatable bonds is 1. The van der Waals surface area contributed by atoms with Crippen molar-refractivity contribution in [1.29, 1.82) is 0 Å². The lowest BCUT2D eigenvalue weighted by Gasteiger charge is -2.15. The predicted molar refractivity (Wildman–Crippen MR) is 55.8 cm³/mol. The van der Waals surface area contributed by atoms with Gasteiger partial charge in [-0.05, 0) is 44.4 Å². The zero-order valence-electron chi connectivity index (χ0n) is 9.03. The molecule has 82 valence electrons. The van der Waals surface area contributed by atoms with Gasteiger partial charge in [0.05, 0.1) is 0 Å². The molecule has 3 heteroatoms. The third kappa shape index (κ3) is 1.76. The fourth-order valence-corrected chi connectivity index (χ4v) is 2.21. The van der Waals surface area contributed by atoms with Crippen molar-refractivity contribution in [3.8, 4) is 0 Å². The SMILES string of the molecule is Cc1cc(C)c(F)c(C2CCCN2)c1F. The minimum absolute atomic E-state index is 0.149. The van der Waals surface area contributed by atoms with E-state index in [0.29, 0.717) is 11.1 Å². The Hall–Kier alpha value is -0.960. The summed E-state index contributed by atoms with van der Waals surface area (Å²) in [5.41, 5.74) is 1.28. The Balaban J connectivity index is 2.52. The molecule has 1 saturated heterocycles. The molecular formula is C12H15F2N. The zero-order chi connectivity index (χ0) is 11.0. The summed E-state index contributed by atoms with van der Waals surface area (Å²) in [7, 11) is 0. The van der Waals surface area contributed by atoms with E-state index in [9.17, 15) is 8.78 Å². The van der Waals surface area contributed by atoms with Crippen LogP contribution in [0.25, 0.3) is 0 Å². The topological polar surface area (TPSA) is 12.0 Å². The molecule has 0 spiro atoms. The Kier molecular flexibility index (Phi) is 2.74. The lowest BCUT2D eigenvalue weighted by molar-refractivity contribution is 0.499. The summed E-state index contributed by atoms with van der Waals surface area (Å²) in [4.78, 5) is 0. The molecule has 0 radical (unpaired) electrons. The quantitative estimate of drug-likeness (QED) is 0.753. The molecule has 1 N–H and O–H groups in total. The Labute approximate surface area is 88.5 Å². The Morgan fingerprint density at radius 2 is 1.80 bits per heavy atom. The average Bonchev–Trinajstić information content (AvgIpc) is 2.69. The van der Waals surface area contributed by atoms with E-state index < -0.39 is 11.6 Å². The third-order valence-corrected chi connectivity index (χ3v) is 3.01. The summed E-state index contributed by atoms with van der Waals surface area (Å²) in [6, 6.07) is 1.41. The van der Waals surface area contributed by atoms with Gasteiger partial charge in [0, 0.05) is 11.6 Å². The van der Waals surface area contributed by atoms with Gasteiger partial charge in [0.2, 0.25) is 0 Å². The number of halogens is 2. The van der Waals surface area contributed by atoms with Gasteiger partial charge in [0.15, 0.2) is 0 Å². The van der Waals surface area contributed by atoms with E-state index >= 15 is 0 Å². The van der Waals surface area contributed by atoms with Gasteiger partial charge in [0.25, 0.3) is 0 Å². The van der Waals surface area contributed by atoms with Gasteiger partial charge in [-0.2, -0.15) is 0 Å². The minimum Gasteiger partial charge on any atom is -0.310 e. The summed E-state index contributed by atoms with van der Waals surface area (Å²) in [6.07, 6.45) is 1.80. The first kappa shape index (κ1) is 10.6. The Bertz CT molecular complexity index is 355. The van der Waals surface area contributed by atoms with E-state index in [-0.39, 0.29) is 11.6 Å². The molecule has 1 heterocycles. The number of benzene rings is 1. The van der Waals surface area contributed by atoms with Crippen molar-refractivity contribution in [2.75, 3.05) is 6.54 Å². The standard InChI is InChI=1S/C12H15F2N/c1-7-6-8(2)12(14)10(11(7)13)9-4-3-5-15-9/h6,9,15H,3-5H2,1-2H3. The zero-order valence-corrected chi connectivity index (χ0v) is 9.03. The van der Waals surface area contributed by atoms with E-state index in [1.807, 2.05) is 0 Å². The first-order valence-electron chi connectivity index (χ1n) is 5.29. The van der Waals surface area contributed by atoms with Gasteiger partial charge in [-0.15, -0.1) is 0 Å². The van der Waals surface area contributed by atoms with E-state index in [1.54, 1.807) is 19.9 Å². The number of aryl methyl sites for hydroxylation is 2. The molecule has 0 amide bonds. The maximum atomic E-state index is 13.8. The normalized spacial score (nSPS) is 20.9. The van der Waals surface area contributed by atoms with Crippen molar-refractivity contribution in [3.05, 3.63) is 34.4 Å². The highest BCUT2D eigenvalue weighted by molar-refractivity contribution is 5.34. The second-order valence-electron chi connectivity index (χ2n) is 4.20. The monoisotopic (exact) mass is 211 g/mol. The van der Waals surface area contributed by atoms with Gasteiger partial charge in [0.1, 0.15) is 11.6 Å². The van der Waals surface area contributed by atoms with Crippen LogP contribution in [0.2, 0.25) is 0 Å². The van der Waals surface area contributed by atoms with Gasteiger partial charge in [-0.25, -0.2) is 8.78 Å². The first-order chi connectivity index (χ1) is 7.11. The smallest absolute Gasteiger partial charge is 0.133 e. The fourth-order valence-electron chi connectivity index (χ4n) is 2.21. The molecule has 1 aromatic rings. The molecule has 1 unspecified atom stereocenters. The van der Waals surface area contributed by atoms with Crippen LogP contribution in [0.1, 0.15) is 35.6 Å². The van der Waals surface area contributed by atoms with E-state index in [1.165, 1.54) is 0 Å². The maximum Gasteiger partial charge on any atom is 0.133 e. The lowest BCUT2D eigenvalue weighted by Crippen LogP contribution is -2.17. The van der Waals surface area contributed by atoms with Crippen molar-refractivity contribution >= 4 is 0 Å². The third-order valence-electron chi connectivity index (χ3n) is 3.01. The molecule has 2 rings (SSSR count). The predicted octanol–water partition coefficient (Wildman–Crippen LogP) is 3.01. The largest absolute Gasteiger partial charge is 0.310 e. The van der Waals surface area contributed by atoms with Crippen LogP contribution in [-0.4, -0.2) is 6.54 Å². The summed E-state index contributed by atoms with van der Waals surface area (Å²) in [6.45, 7) is 4.21. The minimum atomic E-state index is -0.391. The molecule has 0 aromatic heterocycles. The van der Waals surface area contributed by atoms with Crippen molar-refractivity contribution in [2.45, 2.75) is 32.7 Å². The van der Waals surface area contributed by atoms with Crippen LogP contribution < -0.4 is 5.32 Å². The summed E-state index contributed by atoms with van der Waals surface area (Å²) in [5.74, 6) is -0.782. The lowest BCUT2D eigenvalue weighted by atomic mass is 9.98. The van der Waals surface area contributed by atoms with E-state index in [4.69, 9.17) is 0 Å². The number of nitrogens with one attached hydrogen (secondary N) is 1.